The van der Waals surface area contributed by atoms with Gasteiger partial charge in [0.15, 0.2) is 0 Å². The fraction of sp³-hybridized carbons (Fsp3) is 0.385. The van der Waals surface area contributed by atoms with E-state index in [-0.39, 0.29) is 11.1 Å². The lowest BCUT2D eigenvalue weighted by Gasteiger charge is -2.39. The van der Waals surface area contributed by atoms with Crippen LogP contribution in [-0.2, 0) is 0 Å². The Morgan fingerprint density at radius 1 is 0.862 bits per heavy atom. The second-order valence-corrected chi connectivity index (χ2v) is 9.68. The Morgan fingerprint density at radius 2 is 1.52 bits per heavy atom. The minimum atomic E-state index is -0.0387. The van der Waals surface area contributed by atoms with Crippen molar-refractivity contribution in [1.29, 1.82) is 0 Å². The van der Waals surface area contributed by atoms with Crippen molar-refractivity contribution < 1.29 is 9.84 Å². The number of phenols is 1. The Balaban J connectivity index is 1.93. The zero-order valence-electron chi connectivity index (χ0n) is 18.1. The van der Waals surface area contributed by atoms with Crippen LogP contribution < -0.4 is 4.74 Å². The summed E-state index contributed by atoms with van der Waals surface area (Å²) < 4.78 is 5.42. The molecule has 0 bridgehead atoms. The minimum absolute atomic E-state index is 0.00639. The Kier molecular flexibility index (Phi) is 3.68. The second kappa shape index (κ2) is 5.76. The average Bonchev–Trinajstić information content (AvgIpc) is 2.85. The lowest BCUT2D eigenvalue weighted by molar-refractivity contribution is 0.106. The summed E-state index contributed by atoms with van der Waals surface area (Å²) in [6, 6.07) is 16.9. The third kappa shape index (κ3) is 2.22. The first kappa shape index (κ1) is 18.5. The van der Waals surface area contributed by atoms with Gasteiger partial charge in [-0.2, -0.15) is 0 Å². The number of fused-ring (bicyclic) bond motifs is 8. The first-order chi connectivity index (χ1) is 13.7. The number of methoxy groups -OCH3 is 1. The molecule has 1 aliphatic heterocycles. The molecule has 0 saturated carbocycles. The number of rotatable bonds is 1. The van der Waals surface area contributed by atoms with E-state index in [1.807, 2.05) is 18.2 Å². The molecule has 150 valence electrons. The Hall–Kier alpha value is -2.52. The molecule has 1 saturated heterocycles. The summed E-state index contributed by atoms with van der Waals surface area (Å²) in [4.78, 5) is 2.52. The number of likely N-dealkylation sites (N-methyl/N-ethyl adjacent to an activating group) is 1. The minimum Gasteiger partial charge on any atom is -0.507 e. The molecule has 1 fully saturated rings. The third-order valence-electron chi connectivity index (χ3n) is 7.84. The van der Waals surface area contributed by atoms with Crippen LogP contribution >= 0.6 is 0 Å². The summed E-state index contributed by atoms with van der Waals surface area (Å²) in [5, 5.41) is 13.0. The van der Waals surface area contributed by atoms with E-state index in [2.05, 4.69) is 70.0 Å². The maximum absolute atomic E-state index is 11.0. The molecule has 0 amide bonds. The maximum atomic E-state index is 11.0. The Morgan fingerprint density at radius 3 is 2.21 bits per heavy atom. The van der Waals surface area contributed by atoms with Crippen molar-refractivity contribution >= 4 is 10.8 Å². The molecular weight excluding hydrogens is 358 g/mol. The molecule has 2 unspecified atom stereocenters. The summed E-state index contributed by atoms with van der Waals surface area (Å²) >= 11 is 0. The molecular formula is C26H29NO2. The van der Waals surface area contributed by atoms with E-state index in [9.17, 15) is 5.11 Å². The fourth-order valence-corrected chi connectivity index (χ4v) is 6.17. The molecule has 1 N–H and O–H groups in total. The van der Waals surface area contributed by atoms with Crippen LogP contribution in [0.15, 0.2) is 48.5 Å². The Bertz CT molecular complexity index is 1140. The van der Waals surface area contributed by atoms with Crippen molar-refractivity contribution in [3.05, 3.63) is 59.7 Å². The van der Waals surface area contributed by atoms with Crippen molar-refractivity contribution in [2.75, 3.05) is 14.2 Å². The molecule has 0 aromatic heterocycles. The molecule has 0 spiro atoms. The molecule has 29 heavy (non-hydrogen) atoms. The van der Waals surface area contributed by atoms with E-state index in [0.29, 0.717) is 17.6 Å². The molecule has 0 radical (unpaired) electrons. The molecule has 3 heteroatoms. The number of phenolic OH excluding ortho intramolecular Hbond substituents is 1. The van der Waals surface area contributed by atoms with Gasteiger partial charge in [-0.3, -0.25) is 4.90 Å². The SMILES string of the molecule is COc1ccc2c3c(cc(O)c2c1)C1C(c2ccccc2-3)C(C)(C)N(C)C1(C)C. The van der Waals surface area contributed by atoms with Crippen LogP contribution in [0.2, 0.25) is 0 Å². The lowest BCUT2D eigenvalue weighted by Crippen LogP contribution is -2.46. The van der Waals surface area contributed by atoms with Gasteiger partial charge in [0.25, 0.3) is 0 Å². The van der Waals surface area contributed by atoms with Gasteiger partial charge in [0.05, 0.1) is 7.11 Å². The Labute approximate surface area is 172 Å². The van der Waals surface area contributed by atoms with E-state index in [1.54, 1.807) is 7.11 Å². The standard InChI is InChI=1S/C26H29NO2/c1-25(2)23-18-10-8-7-9-16(18)22-17-12-11-15(29-6)13-19(17)21(28)14-20(22)24(23)26(3,4)27(25)5/h7-14,23-24,28H,1-6H3. The average molecular weight is 388 g/mol. The number of ether oxygens (including phenoxy) is 1. The highest BCUT2D eigenvalue weighted by atomic mass is 16.5. The molecule has 3 aromatic rings. The lowest BCUT2D eigenvalue weighted by atomic mass is 9.63. The van der Waals surface area contributed by atoms with Gasteiger partial charge < -0.3 is 9.84 Å². The van der Waals surface area contributed by atoms with Gasteiger partial charge in [0, 0.05) is 28.3 Å². The number of benzene rings is 3. The second-order valence-electron chi connectivity index (χ2n) is 9.68. The van der Waals surface area contributed by atoms with Crippen molar-refractivity contribution in [2.24, 2.45) is 0 Å². The molecule has 3 nitrogen and oxygen atoms in total. The van der Waals surface area contributed by atoms with Crippen molar-refractivity contribution in [1.82, 2.24) is 4.90 Å². The molecule has 3 aromatic carbocycles. The van der Waals surface area contributed by atoms with E-state index in [4.69, 9.17) is 4.74 Å². The number of hydrogen-bond donors (Lipinski definition) is 1. The van der Waals surface area contributed by atoms with Gasteiger partial charge in [-0.1, -0.05) is 24.3 Å². The summed E-state index contributed by atoms with van der Waals surface area (Å²) in [5.74, 6) is 1.75. The number of aromatic hydroxyl groups is 1. The van der Waals surface area contributed by atoms with Crippen molar-refractivity contribution in [2.45, 2.75) is 50.6 Å². The van der Waals surface area contributed by atoms with Crippen LogP contribution in [0.4, 0.5) is 0 Å². The van der Waals surface area contributed by atoms with Gasteiger partial charge in [0.2, 0.25) is 0 Å². The number of nitrogens with zero attached hydrogens (tertiary/aromatic N) is 1. The molecule has 2 atom stereocenters. The largest absolute Gasteiger partial charge is 0.507 e. The highest BCUT2D eigenvalue weighted by Gasteiger charge is 2.59. The van der Waals surface area contributed by atoms with Crippen LogP contribution in [0.25, 0.3) is 21.9 Å². The number of likely N-dealkylation sites (tertiary alicyclic amines) is 1. The van der Waals surface area contributed by atoms with Gasteiger partial charge in [-0.25, -0.2) is 0 Å². The van der Waals surface area contributed by atoms with Crippen LogP contribution in [0, 0.1) is 0 Å². The van der Waals surface area contributed by atoms with Crippen LogP contribution in [0.1, 0.15) is 50.7 Å². The third-order valence-corrected chi connectivity index (χ3v) is 7.84. The summed E-state index contributed by atoms with van der Waals surface area (Å²) in [6.45, 7) is 9.39. The first-order valence-corrected chi connectivity index (χ1v) is 10.4. The monoisotopic (exact) mass is 387 g/mol. The highest BCUT2D eigenvalue weighted by Crippen LogP contribution is 2.64. The smallest absolute Gasteiger partial charge is 0.123 e. The van der Waals surface area contributed by atoms with Crippen molar-refractivity contribution in [3.8, 4) is 22.6 Å². The van der Waals surface area contributed by atoms with Crippen LogP contribution in [0.5, 0.6) is 11.5 Å². The predicted molar refractivity (Wildman–Crippen MR) is 119 cm³/mol. The quantitative estimate of drug-likeness (QED) is 0.564. The van der Waals surface area contributed by atoms with E-state index in [0.717, 1.165) is 16.5 Å². The van der Waals surface area contributed by atoms with E-state index in [1.165, 1.54) is 22.3 Å². The van der Waals surface area contributed by atoms with E-state index < -0.39 is 0 Å². The summed E-state index contributed by atoms with van der Waals surface area (Å²) in [6.07, 6.45) is 0. The predicted octanol–water partition coefficient (Wildman–Crippen LogP) is 5.90. The normalized spacial score (nSPS) is 24.1. The highest BCUT2D eigenvalue weighted by molar-refractivity contribution is 6.04. The van der Waals surface area contributed by atoms with Gasteiger partial charge in [0.1, 0.15) is 11.5 Å². The van der Waals surface area contributed by atoms with E-state index >= 15 is 0 Å². The fourth-order valence-electron chi connectivity index (χ4n) is 6.17. The molecule has 1 heterocycles. The van der Waals surface area contributed by atoms with Gasteiger partial charge >= 0.3 is 0 Å². The van der Waals surface area contributed by atoms with Gasteiger partial charge in [-0.15, -0.1) is 0 Å². The summed E-state index contributed by atoms with van der Waals surface area (Å²) in [7, 11) is 3.90. The zero-order chi connectivity index (χ0) is 20.7. The van der Waals surface area contributed by atoms with Crippen LogP contribution in [-0.4, -0.2) is 35.2 Å². The maximum Gasteiger partial charge on any atom is 0.123 e. The molecule has 5 rings (SSSR count). The molecule has 2 aliphatic rings. The van der Waals surface area contributed by atoms with Crippen LogP contribution in [0.3, 0.4) is 0 Å². The summed E-state index contributed by atoms with van der Waals surface area (Å²) in [5.41, 5.74) is 5.19. The molecule has 1 aliphatic carbocycles. The van der Waals surface area contributed by atoms with Gasteiger partial charge in [-0.05, 0) is 86.6 Å². The topological polar surface area (TPSA) is 32.7 Å². The first-order valence-electron chi connectivity index (χ1n) is 10.4. The zero-order valence-corrected chi connectivity index (χ0v) is 18.1. The number of hydrogen-bond acceptors (Lipinski definition) is 3. The van der Waals surface area contributed by atoms with Crippen molar-refractivity contribution in [3.63, 3.8) is 0 Å².